The van der Waals surface area contributed by atoms with Gasteiger partial charge in [0.05, 0.1) is 5.56 Å². The number of alkyl halides is 3. The van der Waals surface area contributed by atoms with Gasteiger partial charge in [-0.3, -0.25) is 4.79 Å². The number of benzene rings is 2. The molecule has 0 aliphatic carbocycles. The van der Waals surface area contributed by atoms with E-state index in [1.807, 2.05) is 0 Å². The Bertz CT molecular complexity index is 709. The molecule has 2 rings (SSSR count). The van der Waals surface area contributed by atoms with Crippen molar-refractivity contribution in [3.63, 3.8) is 0 Å². The van der Waals surface area contributed by atoms with Crippen LogP contribution < -0.4 is 5.73 Å². The van der Waals surface area contributed by atoms with Crippen LogP contribution in [0.3, 0.4) is 0 Å². The minimum Gasteiger partial charge on any atom is -0.398 e. The molecule has 110 valence electrons. The minimum absolute atomic E-state index is 0.0840. The zero-order valence-corrected chi connectivity index (χ0v) is 10.3. The van der Waals surface area contributed by atoms with Gasteiger partial charge in [0.25, 0.3) is 0 Å². The maximum Gasteiger partial charge on any atom is 0.419 e. The molecule has 0 aliphatic rings. The molecular weight excluding hydrogens is 293 g/mol. The normalized spacial score (nSPS) is 11.5. The van der Waals surface area contributed by atoms with Gasteiger partial charge in [-0.1, -0.05) is 0 Å². The number of carbonyl (C=O) groups is 1. The zero-order chi connectivity index (χ0) is 15.8. The number of nitrogens with two attached hydrogens (primary N) is 1. The molecule has 2 aromatic rings. The molecule has 2 N–H and O–H groups in total. The molecule has 0 saturated heterocycles. The smallest absolute Gasteiger partial charge is 0.398 e. The molecule has 0 saturated carbocycles. The lowest BCUT2D eigenvalue weighted by Gasteiger charge is -2.10. The number of hydrogen-bond donors (Lipinski definition) is 1. The summed E-state index contributed by atoms with van der Waals surface area (Å²) in [6.07, 6.45) is -4.94. The summed E-state index contributed by atoms with van der Waals surface area (Å²) in [4.78, 5) is 12.1. The highest BCUT2D eigenvalue weighted by atomic mass is 19.4. The number of anilines is 1. The predicted octanol–water partition coefficient (Wildman–Crippen LogP) is 3.80. The van der Waals surface area contributed by atoms with Crippen LogP contribution in [0.25, 0.3) is 0 Å². The summed E-state index contributed by atoms with van der Waals surface area (Å²) in [6, 6.07) is 4.74. The Kier molecular flexibility index (Phi) is 3.67. The molecule has 0 amide bonds. The highest BCUT2D eigenvalue weighted by Gasteiger charge is 2.34. The first-order valence-electron chi connectivity index (χ1n) is 5.66. The fraction of sp³-hybridized carbons (Fsp3) is 0.0714. The molecule has 2 aromatic carbocycles. The van der Waals surface area contributed by atoms with E-state index in [2.05, 4.69) is 0 Å². The maximum absolute atomic E-state index is 13.2. The fourth-order valence-electron chi connectivity index (χ4n) is 1.76. The molecule has 2 nitrogen and oxygen atoms in total. The molecule has 0 radical (unpaired) electrons. The van der Waals surface area contributed by atoms with Crippen LogP contribution >= 0.6 is 0 Å². The first kappa shape index (κ1) is 15.0. The Labute approximate surface area is 116 Å². The summed E-state index contributed by atoms with van der Waals surface area (Å²) < 4.78 is 64.1. The SMILES string of the molecule is Nc1ccc(F)cc1C(=O)c1ccc(F)c(C(F)(F)F)c1. The number of rotatable bonds is 2. The highest BCUT2D eigenvalue weighted by molar-refractivity contribution is 6.12. The first-order chi connectivity index (χ1) is 9.70. The molecule has 0 atom stereocenters. The summed E-state index contributed by atoms with van der Waals surface area (Å²) in [5.41, 5.74) is 3.14. The number of hydrogen-bond acceptors (Lipinski definition) is 2. The van der Waals surface area contributed by atoms with Crippen LogP contribution in [0, 0.1) is 11.6 Å². The van der Waals surface area contributed by atoms with Crippen molar-refractivity contribution in [1.29, 1.82) is 0 Å². The average molecular weight is 301 g/mol. The molecule has 0 unspecified atom stereocenters. The topological polar surface area (TPSA) is 43.1 Å². The Morgan fingerprint density at radius 3 is 2.29 bits per heavy atom. The van der Waals surface area contributed by atoms with Gasteiger partial charge in [-0.25, -0.2) is 8.78 Å². The number of carbonyl (C=O) groups excluding carboxylic acids is 1. The first-order valence-corrected chi connectivity index (χ1v) is 5.66. The van der Waals surface area contributed by atoms with Gasteiger partial charge in [-0.05, 0) is 36.4 Å². The van der Waals surface area contributed by atoms with E-state index >= 15 is 0 Å². The molecule has 0 fully saturated rings. The third-order valence-electron chi connectivity index (χ3n) is 2.79. The van der Waals surface area contributed by atoms with E-state index in [-0.39, 0.29) is 11.3 Å². The minimum atomic E-state index is -4.94. The van der Waals surface area contributed by atoms with E-state index in [0.717, 1.165) is 24.3 Å². The van der Waals surface area contributed by atoms with Crippen molar-refractivity contribution in [3.8, 4) is 0 Å². The van der Waals surface area contributed by atoms with Crippen LogP contribution in [0.5, 0.6) is 0 Å². The van der Waals surface area contributed by atoms with Crippen LogP contribution in [-0.2, 0) is 6.18 Å². The lowest BCUT2D eigenvalue weighted by Crippen LogP contribution is -2.12. The summed E-state index contributed by atoms with van der Waals surface area (Å²) in [5.74, 6) is -3.17. The van der Waals surface area contributed by atoms with E-state index < -0.39 is 34.7 Å². The van der Waals surface area contributed by atoms with Crippen molar-refractivity contribution in [2.45, 2.75) is 6.18 Å². The highest BCUT2D eigenvalue weighted by Crippen LogP contribution is 2.32. The molecule has 7 heteroatoms. The summed E-state index contributed by atoms with van der Waals surface area (Å²) in [7, 11) is 0. The fourth-order valence-corrected chi connectivity index (χ4v) is 1.76. The van der Waals surface area contributed by atoms with Gasteiger partial charge in [0.2, 0.25) is 0 Å². The number of nitrogen functional groups attached to an aromatic ring is 1. The second kappa shape index (κ2) is 5.16. The van der Waals surface area contributed by atoms with E-state index in [1.54, 1.807) is 0 Å². The van der Waals surface area contributed by atoms with Gasteiger partial charge in [0.1, 0.15) is 11.6 Å². The number of halogens is 5. The van der Waals surface area contributed by atoms with Crippen LogP contribution in [0.15, 0.2) is 36.4 Å². The maximum atomic E-state index is 13.2. The Balaban J connectivity index is 2.52. The average Bonchev–Trinajstić information content (AvgIpc) is 2.40. The van der Waals surface area contributed by atoms with Crippen molar-refractivity contribution >= 4 is 11.5 Å². The number of ketones is 1. The predicted molar refractivity (Wildman–Crippen MR) is 65.6 cm³/mol. The van der Waals surface area contributed by atoms with Gasteiger partial charge >= 0.3 is 6.18 Å². The largest absolute Gasteiger partial charge is 0.419 e. The molecule has 0 aromatic heterocycles. The summed E-state index contributed by atoms with van der Waals surface area (Å²) in [6.45, 7) is 0. The van der Waals surface area contributed by atoms with Crippen LogP contribution in [0.2, 0.25) is 0 Å². The van der Waals surface area contributed by atoms with Crippen LogP contribution in [-0.4, -0.2) is 5.78 Å². The van der Waals surface area contributed by atoms with Gasteiger partial charge in [-0.15, -0.1) is 0 Å². The van der Waals surface area contributed by atoms with E-state index in [1.165, 1.54) is 0 Å². The van der Waals surface area contributed by atoms with Crippen molar-refractivity contribution in [2.75, 3.05) is 5.73 Å². The lowest BCUT2D eigenvalue weighted by molar-refractivity contribution is -0.140. The van der Waals surface area contributed by atoms with Crippen LogP contribution in [0.1, 0.15) is 21.5 Å². The summed E-state index contributed by atoms with van der Waals surface area (Å²) in [5, 5.41) is 0. The van der Waals surface area contributed by atoms with Crippen molar-refractivity contribution in [3.05, 3.63) is 64.7 Å². The Morgan fingerprint density at radius 2 is 1.67 bits per heavy atom. The van der Waals surface area contributed by atoms with E-state index in [0.29, 0.717) is 12.1 Å². The van der Waals surface area contributed by atoms with Crippen molar-refractivity contribution in [2.24, 2.45) is 0 Å². The van der Waals surface area contributed by atoms with Gasteiger partial charge in [0.15, 0.2) is 5.78 Å². The Hall–Kier alpha value is -2.44. The second-order valence-electron chi connectivity index (χ2n) is 4.25. The molecule has 0 spiro atoms. The van der Waals surface area contributed by atoms with Gasteiger partial charge in [-0.2, -0.15) is 13.2 Å². The zero-order valence-electron chi connectivity index (χ0n) is 10.3. The quantitative estimate of drug-likeness (QED) is 0.521. The summed E-state index contributed by atoms with van der Waals surface area (Å²) >= 11 is 0. The third kappa shape index (κ3) is 3.01. The van der Waals surface area contributed by atoms with Gasteiger partial charge in [0, 0.05) is 16.8 Å². The molecule has 0 bridgehead atoms. The second-order valence-corrected chi connectivity index (χ2v) is 4.25. The Morgan fingerprint density at radius 1 is 1.00 bits per heavy atom. The molecule has 0 heterocycles. The van der Waals surface area contributed by atoms with Crippen molar-refractivity contribution in [1.82, 2.24) is 0 Å². The molecule has 0 aliphatic heterocycles. The third-order valence-corrected chi connectivity index (χ3v) is 2.79. The standard InChI is InChI=1S/C14H8F5NO/c15-8-2-4-12(20)9(6-8)13(21)7-1-3-11(16)10(5-7)14(17,18)19/h1-6H,20H2. The van der Waals surface area contributed by atoms with E-state index in [9.17, 15) is 26.7 Å². The van der Waals surface area contributed by atoms with E-state index in [4.69, 9.17) is 5.73 Å². The molecule has 21 heavy (non-hydrogen) atoms. The van der Waals surface area contributed by atoms with Crippen molar-refractivity contribution < 1.29 is 26.7 Å². The lowest BCUT2D eigenvalue weighted by atomic mass is 9.99. The van der Waals surface area contributed by atoms with Crippen LogP contribution in [0.4, 0.5) is 27.6 Å². The van der Waals surface area contributed by atoms with Gasteiger partial charge < -0.3 is 5.73 Å². The molecular formula is C14H8F5NO. The monoisotopic (exact) mass is 301 g/mol.